The zero-order valence-corrected chi connectivity index (χ0v) is 69.1. The number of hydrogen-bond donors (Lipinski definition) is 10. The Morgan fingerprint density at radius 1 is 0.352 bits per heavy atom. The van der Waals surface area contributed by atoms with Gasteiger partial charge < -0.3 is 73.0 Å². The maximum absolute atomic E-state index is 14.3. The molecule has 0 spiro atoms. The third-order valence-electron chi connectivity index (χ3n) is 22.2. The highest BCUT2D eigenvalue weighted by Crippen LogP contribution is 2.36. The molecule has 128 heavy (non-hydrogen) atoms. The highest BCUT2D eigenvalue weighted by Gasteiger charge is 2.37. The van der Waals surface area contributed by atoms with Gasteiger partial charge in [-0.05, 0) is 115 Å². The first-order valence-corrected chi connectivity index (χ1v) is 40.6. The molecule has 0 unspecified atom stereocenters. The Morgan fingerprint density at radius 2 is 0.719 bits per heavy atom. The summed E-state index contributed by atoms with van der Waals surface area (Å²) in [6.45, 7) is 11.3. The first kappa shape index (κ1) is 93.7. The van der Waals surface area contributed by atoms with Crippen LogP contribution in [0.4, 0.5) is 64.9 Å². The Kier molecular flexibility index (Phi) is 30.9. The van der Waals surface area contributed by atoms with Crippen LogP contribution in [0, 0.1) is 64.4 Å². The van der Waals surface area contributed by atoms with E-state index in [1.165, 1.54) is 79.6 Å². The van der Waals surface area contributed by atoms with Crippen LogP contribution in [0.25, 0.3) is 45.0 Å². The molecule has 666 valence electrons. The molecule has 4 aliphatic rings. The molecule has 2 amide bonds. The second kappa shape index (κ2) is 42.2. The second-order valence-electron chi connectivity index (χ2n) is 31.5. The number of rotatable bonds is 18. The number of Topliss-reactive ketones (excluding diaryl/α,β-unsaturated/α-hetero) is 2. The standard InChI is InChI=1S/C24H22F3N3O3.C23H24FN5O2.C22H22F2N6O2.C22H23FN6O2.CH4/c1-13-11-30(12-21(32)24(13)33)19-7-8-28-10-14(19)9-20(31)18-6-5-17(27)23(29-18)22-15(25)3-2-4-16(22)26;1-14-12-29(13-18(25)23(14)31)20-6-8-27-11-16(20)9-21(30)19-5-4-17(24)22(28-19)15-3-2-7-26-10-15;1-12-10-30(11-16(25)21(12)31)19-5-7-27-9-18(19)29-22(32)17-3-2-14(23)20(28-17)13-4-6-26-8-15(13)24;1-13-11-29(12-16(24)21(13)30)19-6-9-26-10-18(19)28-22(31)17-3-2-15(23)20(27-17)14-4-7-25-8-5-14;/h2-8,10,13,21,24,32-33H,9,11-12H2,1H3;2-8,10-11,14,18,23,31H,9,12-13,25H2,1H3;2-9,12,16,21,31H,10-11,25H2,1H3,(H,29,32);2-10,13,16,21,30H,11-12,24H2,1H3,(H,28,31);1H4/t13-,21+,24+;14-,18+,23+;12-,16+,21+;13-,16+,21+;/m0000./s1. The number of nitrogens with one attached hydrogen (secondary N) is 2. The number of ketones is 2. The van der Waals surface area contributed by atoms with Crippen molar-refractivity contribution < 1.29 is 75.4 Å². The average molecular weight is 1760 g/mol. The molecule has 29 nitrogen and oxygen atoms in total. The summed E-state index contributed by atoms with van der Waals surface area (Å²) >= 11 is 0. The number of pyridine rings is 11. The maximum atomic E-state index is 14.3. The van der Waals surface area contributed by atoms with Crippen LogP contribution in [-0.4, -0.2) is 205 Å². The molecule has 0 bridgehead atoms. The highest BCUT2D eigenvalue weighted by molar-refractivity contribution is 6.06. The van der Waals surface area contributed by atoms with Crippen LogP contribution < -0.4 is 47.4 Å². The summed E-state index contributed by atoms with van der Waals surface area (Å²) in [4.78, 5) is 104. The van der Waals surface area contributed by atoms with Gasteiger partial charge in [-0.3, -0.25) is 54.1 Å². The van der Waals surface area contributed by atoms with Gasteiger partial charge in [-0.15, -0.1) is 0 Å². The number of nitrogens with two attached hydrogens (primary N) is 3. The molecule has 12 atom stereocenters. The van der Waals surface area contributed by atoms with E-state index in [1.54, 1.807) is 85.8 Å². The molecule has 11 aromatic heterocycles. The zero-order valence-electron chi connectivity index (χ0n) is 69.1. The molecule has 0 radical (unpaired) electrons. The third kappa shape index (κ3) is 22.1. The summed E-state index contributed by atoms with van der Waals surface area (Å²) in [6, 6.07) is 26.5. The molecule has 12 aromatic rings. The van der Waals surface area contributed by atoms with E-state index in [2.05, 4.69) is 70.4 Å². The van der Waals surface area contributed by atoms with Gasteiger partial charge in [0, 0.05) is 214 Å². The number of carbonyl (C=O) groups is 4. The van der Waals surface area contributed by atoms with Crippen LogP contribution in [0.2, 0.25) is 0 Å². The predicted molar refractivity (Wildman–Crippen MR) is 467 cm³/mol. The number of anilines is 6. The van der Waals surface area contributed by atoms with E-state index in [-0.39, 0.29) is 108 Å². The summed E-state index contributed by atoms with van der Waals surface area (Å²) in [7, 11) is 0. The molecule has 4 saturated heterocycles. The van der Waals surface area contributed by atoms with E-state index >= 15 is 0 Å². The van der Waals surface area contributed by atoms with Crippen molar-refractivity contribution in [3.8, 4) is 45.0 Å². The van der Waals surface area contributed by atoms with Crippen LogP contribution in [0.3, 0.4) is 0 Å². The molecule has 16 rings (SSSR count). The number of piperidine rings is 4. The molecule has 36 heteroatoms. The van der Waals surface area contributed by atoms with Gasteiger partial charge in [0.15, 0.2) is 17.4 Å². The topological polar surface area (TPSA) is 426 Å². The van der Waals surface area contributed by atoms with Gasteiger partial charge in [0.2, 0.25) is 0 Å². The van der Waals surface area contributed by atoms with Gasteiger partial charge in [-0.2, -0.15) is 0 Å². The minimum Gasteiger partial charge on any atom is -0.391 e. The van der Waals surface area contributed by atoms with E-state index in [1.807, 2.05) is 48.5 Å². The van der Waals surface area contributed by atoms with Crippen molar-refractivity contribution in [2.75, 3.05) is 82.6 Å². The van der Waals surface area contributed by atoms with Crippen molar-refractivity contribution in [3.05, 3.63) is 283 Å². The summed E-state index contributed by atoms with van der Waals surface area (Å²) in [5.41, 5.74) is 23.0. The molecule has 4 aliphatic heterocycles. The molecule has 1 aromatic carbocycles. The van der Waals surface area contributed by atoms with Gasteiger partial charge in [-0.25, -0.2) is 50.7 Å². The number of β-amino-alcohol motifs (C(OH)–C–C–N with tert-alkyl or cyclic N) is 1. The maximum Gasteiger partial charge on any atom is 0.274 e. The number of aliphatic hydroxyl groups excluding tert-OH is 5. The lowest BCUT2D eigenvalue weighted by molar-refractivity contribution is -0.0213. The number of halogens is 7. The van der Waals surface area contributed by atoms with Crippen molar-refractivity contribution in [2.45, 2.75) is 96.6 Å². The van der Waals surface area contributed by atoms with Crippen LogP contribution >= 0.6 is 0 Å². The number of aromatic nitrogens is 11. The van der Waals surface area contributed by atoms with E-state index < -0.39 is 112 Å². The lowest BCUT2D eigenvalue weighted by atomic mass is 9.92. The molecular weight excluding hydrogens is 1660 g/mol. The Balaban J connectivity index is 0.000000154. The lowest BCUT2D eigenvalue weighted by Crippen LogP contribution is -2.55. The quantitative estimate of drug-likeness (QED) is 0.0282. The summed E-state index contributed by atoms with van der Waals surface area (Å²) in [5, 5.41) is 56.2. The number of carbonyl (C=O) groups excluding carboxylic acids is 4. The van der Waals surface area contributed by atoms with E-state index in [9.17, 15) is 75.4 Å². The normalized spacial score (nSPS) is 20.7. The van der Waals surface area contributed by atoms with Crippen molar-refractivity contribution >= 4 is 57.5 Å². The fourth-order valence-corrected chi connectivity index (χ4v) is 15.5. The molecule has 13 N–H and O–H groups in total. The Morgan fingerprint density at radius 3 is 1.17 bits per heavy atom. The van der Waals surface area contributed by atoms with Crippen LogP contribution in [0.5, 0.6) is 0 Å². The fourth-order valence-electron chi connectivity index (χ4n) is 15.5. The van der Waals surface area contributed by atoms with E-state index in [0.717, 1.165) is 53.5 Å². The van der Waals surface area contributed by atoms with Crippen molar-refractivity contribution in [2.24, 2.45) is 40.9 Å². The lowest BCUT2D eigenvalue weighted by Gasteiger charge is -2.40. The van der Waals surface area contributed by atoms with Crippen molar-refractivity contribution in [1.82, 2.24) is 54.8 Å². The molecule has 0 aliphatic carbocycles. The first-order chi connectivity index (χ1) is 61.0. The SMILES string of the molecule is C.C[C@H]1CN(c2ccncc2CC(=O)c2ccc(F)c(-c3c(F)cccc3F)n2)C[C@@H](O)[C@@H]1O.C[C@H]1CN(c2ccncc2CC(=O)c2ccc(F)c(-c3cccnc3)n2)C[C@@H](N)[C@@H]1O.C[C@H]1CN(c2ccncc2NC(=O)c2ccc(F)c(-c3ccncc3)n2)C[C@@H](N)[C@@H]1O.C[C@H]1CN(c2ccncc2NC(=O)c2ccc(F)c(-c3ccncc3F)n2)C[C@@H](N)[C@@H]1O. The van der Waals surface area contributed by atoms with E-state index in [4.69, 9.17) is 17.2 Å². The Hall–Kier alpha value is -13.5. The smallest absolute Gasteiger partial charge is 0.274 e. The number of hydrogen-bond acceptors (Lipinski definition) is 27. The first-order valence-electron chi connectivity index (χ1n) is 40.6. The van der Waals surface area contributed by atoms with Crippen LogP contribution in [-0.2, 0) is 12.8 Å². The largest absolute Gasteiger partial charge is 0.391 e. The summed E-state index contributed by atoms with van der Waals surface area (Å²) in [6.07, 6.45) is 17.5. The molecule has 15 heterocycles. The predicted octanol–water partition coefficient (Wildman–Crippen LogP) is 10.3. The molecular formula is C92H95F7N20O9. The van der Waals surface area contributed by atoms with E-state index in [0.29, 0.717) is 85.3 Å². The van der Waals surface area contributed by atoms with Crippen LogP contribution in [0.1, 0.15) is 88.2 Å². The Bertz CT molecular complexity index is 5670. The van der Waals surface area contributed by atoms with Crippen molar-refractivity contribution in [1.29, 1.82) is 0 Å². The van der Waals surface area contributed by atoms with Gasteiger partial charge in [0.05, 0.1) is 77.4 Å². The number of nitrogens with zero attached hydrogens (tertiary/aromatic N) is 15. The highest BCUT2D eigenvalue weighted by atomic mass is 19.2. The third-order valence-corrected chi connectivity index (χ3v) is 22.2. The Labute approximate surface area is 732 Å². The fraction of sp³-hybridized carbons (Fsp3) is 0.293. The summed E-state index contributed by atoms with van der Waals surface area (Å²) in [5.74, 6) is -7.58. The summed E-state index contributed by atoms with van der Waals surface area (Å²) < 4.78 is 99.7. The van der Waals surface area contributed by atoms with Gasteiger partial charge in [0.1, 0.15) is 80.5 Å². The number of aliphatic hydroxyl groups is 5. The monoisotopic (exact) mass is 1760 g/mol. The second-order valence-corrected chi connectivity index (χ2v) is 31.5. The average Bonchev–Trinajstić information content (AvgIpc) is 0.795. The number of amides is 2. The number of benzene rings is 1. The van der Waals surface area contributed by atoms with Gasteiger partial charge >= 0.3 is 0 Å². The van der Waals surface area contributed by atoms with Crippen molar-refractivity contribution in [3.63, 3.8) is 0 Å². The van der Waals surface area contributed by atoms with Gasteiger partial charge in [-0.1, -0.05) is 41.2 Å². The zero-order chi connectivity index (χ0) is 90.4. The molecule has 4 fully saturated rings. The minimum absolute atomic E-state index is 0. The minimum atomic E-state index is -0.986. The molecule has 0 saturated carbocycles. The van der Waals surface area contributed by atoms with Gasteiger partial charge in [0.25, 0.3) is 11.8 Å². The van der Waals surface area contributed by atoms with Crippen LogP contribution in [0.15, 0.2) is 208 Å².